The van der Waals surface area contributed by atoms with Gasteiger partial charge in [0.1, 0.15) is 11.6 Å². The van der Waals surface area contributed by atoms with E-state index >= 15 is 0 Å². The molecule has 0 spiro atoms. The predicted octanol–water partition coefficient (Wildman–Crippen LogP) is 4.42. The van der Waals surface area contributed by atoms with Crippen molar-refractivity contribution in [2.75, 3.05) is 0 Å². The van der Waals surface area contributed by atoms with Gasteiger partial charge in [-0.05, 0) is 30.4 Å². The summed E-state index contributed by atoms with van der Waals surface area (Å²) in [4.78, 5) is 12.2. The van der Waals surface area contributed by atoms with Crippen LogP contribution < -0.4 is 0 Å². The van der Waals surface area contributed by atoms with Gasteiger partial charge < -0.3 is 0 Å². The molecule has 1 aliphatic rings. The Labute approximate surface area is 112 Å². The highest BCUT2D eigenvalue weighted by Crippen LogP contribution is 2.30. The molecule has 0 saturated heterocycles. The summed E-state index contributed by atoms with van der Waals surface area (Å²) in [5.74, 6) is 0.420. The van der Waals surface area contributed by atoms with Gasteiger partial charge in [0.15, 0.2) is 0 Å². The molecule has 0 amide bonds. The van der Waals surface area contributed by atoms with Crippen molar-refractivity contribution in [3.63, 3.8) is 0 Å². The van der Waals surface area contributed by atoms with Crippen molar-refractivity contribution in [3.05, 3.63) is 34.6 Å². The number of hydrogen-bond donors (Lipinski definition) is 0. The van der Waals surface area contributed by atoms with E-state index in [1.54, 1.807) is 12.1 Å². The minimum atomic E-state index is -0.448. The molecule has 1 fully saturated rings. The molecule has 0 heterocycles. The Morgan fingerprint density at radius 2 is 2.22 bits per heavy atom. The number of rotatable bonds is 3. The van der Waals surface area contributed by atoms with Crippen LogP contribution in [0.1, 0.15) is 38.2 Å². The van der Waals surface area contributed by atoms with Crippen LogP contribution in [-0.4, -0.2) is 5.78 Å². The second-order valence-electron chi connectivity index (χ2n) is 5.32. The lowest BCUT2D eigenvalue weighted by Crippen LogP contribution is -2.23. The number of ketones is 1. The number of Topliss-reactive ketones (excluding diaryl/α,β-unsaturated/α-hetero) is 1. The summed E-state index contributed by atoms with van der Waals surface area (Å²) in [5.41, 5.74) is 0.422. The van der Waals surface area contributed by atoms with Crippen LogP contribution in [0.4, 0.5) is 4.39 Å². The van der Waals surface area contributed by atoms with Gasteiger partial charge in [-0.25, -0.2) is 4.39 Å². The standard InChI is InChI=1S/C15H18ClFO/c1-10-4-2-5-11(8-10)14(18)9-12-6-3-7-13(16)15(12)17/h3,6-7,10-11H,2,4-5,8-9H2,1H3. The maximum atomic E-state index is 13.7. The summed E-state index contributed by atoms with van der Waals surface area (Å²) in [6.45, 7) is 2.18. The zero-order chi connectivity index (χ0) is 13.1. The van der Waals surface area contributed by atoms with Gasteiger partial charge >= 0.3 is 0 Å². The molecule has 0 aromatic heterocycles. The van der Waals surface area contributed by atoms with Gasteiger partial charge in [-0.3, -0.25) is 4.79 Å². The van der Waals surface area contributed by atoms with Crippen LogP contribution in [0.2, 0.25) is 5.02 Å². The molecule has 2 atom stereocenters. The van der Waals surface area contributed by atoms with E-state index in [2.05, 4.69) is 6.92 Å². The van der Waals surface area contributed by atoms with Crippen molar-refractivity contribution >= 4 is 17.4 Å². The molecule has 0 radical (unpaired) electrons. The molecule has 2 unspecified atom stereocenters. The lowest BCUT2D eigenvalue weighted by atomic mass is 9.79. The van der Waals surface area contributed by atoms with E-state index in [-0.39, 0.29) is 23.1 Å². The van der Waals surface area contributed by atoms with E-state index < -0.39 is 5.82 Å². The summed E-state index contributed by atoms with van der Waals surface area (Å²) >= 11 is 5.72. The summed E-state index contributed by atoms with van der Waals surface area (Å²) in [6.07, 6.45) is 4.38. The van der Waals surface area contributed by atoms with Crippen molar-refractivity contribution in [2.24, 2.45) is 11.8 Å². The Morgan fingerprint density at radius 1 is 1.44 bits per heavy atom. The fourth-order valence-electron chi connectivity index (χ4n) is 2.74. The quantitative estimate of drug-likeness (QED) is 0.793. The van der Waals surface area contributed by atoms with Gasteiger partial charge in [0.25, 0.3) is 0 Å². The van der Waals surface area contributed by atoms with Crippen molar-refractivity contribution in [1.82, 2.24) is 0 Å². The third-order valence-electron chi connectivity index (χ3n) is 3.79. The van der Waals surface area contributed by atoms with Crippen LogP contribution in [0.25, 0.3) is 0 Å². The fourth-order valence-corrected chi connectivity index (χ4v) is 2.94. The third kappa shape index (κ3) is 3.11. The normalized spacial score (nSPS) is 23.9. The Balaban J connectivity index is 2.04. The molecular weight excluding hydrogens is 251 g/mol. The first-order valence-corrected chi connectivity index (χ1v) is 6.91. The molecule has 1 saturated carbocycles. The highest BCUT2D eigenvalue weighted by molar-refractivity contribution is 6.30. The van der Waals surface area contributed by atoms with Crippen molar-refractivity contribution in [2.45, 2.75) is 39.0 Å². The molecule has 2 rings (SSSR count). The first-order valence-electron chi connectivity index (χ1n) is 6.53. The molecule has 98 valence electrons. The Hall–Kier alpha value is -0.890. The van der Waals surface area contributed by atoms with Gasteiger partial charge in [-0.1, -0.05) is 43.5 Å². The Bertz CT molecular complexity index is 444. The SMILES string of the molecule is CC1CCCC(C(=O)Cc2cccc(Cl)c2F)C1. The first-order chi connectivity index (χ1) is 8.58. The first kappa shape index (κ1) is 13.5. The second-order valence-corrected chi connectivity index (χ2v) is 5.73. The molecule has 18 heavy (non-hydrogen) atoms. The minimum absolute atomic E-state index is 0.0947. The fraction of sp³-hybridized carbons (Fsp3) is 0.533. The molecule has 1 aliphatic carbocycles. The molecule has 0 aliphatic heterocycles. The van der Waals surface area contributed by atoms with E-state index in [9.17, 15) is 9.18 Å². The van der Waals surface area contributed by atoms with Gasteiger partial charge in [-0.2, -0.15) is 0 Å². The summed E-state index contributed by atoms with van der Waals surface area (Å²) in [6, 6.07) is 4.84. The van der Waals surface area contributed by atoms with Crippen molar-refractivity contribution in [1.29, 1.82) is 0 Å². The average Bonchev–Trinajstić information content (AvgIpc) is 2.35. The van der Waals surface area contributed by atoms with Crippen molar-refractivity contribution in [3.8, 4) is 0 Å². The number of carbonyl (C=O) groups excluding carboxylic acids is 1. The number of benzene rings is 1. The summed E-state index contributed by atoms with van der Waals surface area (Å²) in [7, 11) is 0. The highest BCUT2D eigenvalue weighted by Gasteiger charge is 2.25. The van der Waals surface area contributed by atoms with Crippen LogP contribution in [0.3, 0.4) is 0 Å². The topological polar surface area (TPSA) is 17.1 Å². The van der Waals surface area contributed by atoms with E-state index in [4.69, 9.17) is 11.6 Å². The van der Waals surface area contributed by atoms with Gasteiger partial charge in [0.05, 0.1) is 5.02 Å². The zero-order valence-corrected chi connectivity index (χ0v) is 11.3. The molecule has 1 aromatic rings. The molecule has 0 N–H and O–H groups in total. The number of halogens is 2. The van der Waals surface area contributed by atoms with Crippen LogP contribution >= 0.6 is 11.6 Å². The number of hydrogen-bond acceptors (Lipinski definition) is 1. The Kier molecular flexibility index (Phi) is 4.39. The largest absolute Gasteiger partial charge is 0.299 e. The molecule has 3 heteroatoms. The predicted molar refractivity (Wildman–Crippen MR) is 71.2 cm³/mol. The van der Waals surface area contributed by atoms with Gasteiger partial charge in [-0.15, -0.1) is 0 Å². The van der Waals surface area contributed by atoms with E-state index in [1.807, 2.05) is 0 Å². The second kappa shape index (κ2) is 5.83. The summed E-state index contributed by atoms with van der Waals surface area (Å²) in [5, 5.41) is 0.0947. The van der Waals surface area contributed by atoms with Crippen LogP contribution in [-0.2, 0) is 11.2 Å². The maximum absolute atomic E-state index is 13.7. The third-order valence-corrected chi connectivity index (χ3v) is 4.08. The smallest absolute Gasteiger partial charge is 0.145 e. The van der Waals surface area contributed by atoms with Crippen LogP contribution in [0.5, 0.6) is 0 Å². The maximum Gasteiger partial charge on any atom is 0.145 e. The van der Waals surface area contributed by atoms with E-state index in [1.165, 1.54) is 12.5 Å². The lowest BCUT2D eigenvalue weighted by Gasteiger charge is -2.25. The molecule has 1 nitrogen and oxygen atoms in total. The monoisotopic (exact) mass is 268 g/mol. The zero-order valence-electron chi connectivity index (χ0n) is 10.6. The number of carbonyl (C=O) groups is 1. The van der Waals surface area contributed by atoms with Crippen LogP contribution in [0, 0.1) is 17.7 Å². The lowest BCUT2D eigenvalue weighted by molar-refractivity contribution is -0.123. The molecular formula is C15H18ClFO. The van der Waals surface area contributed by atoms with Crippen LogP contribution in [0.15, 0.2) is 18.2 Å². The van der Waals surface area contributed by atoms with Gasteiger partial charge in [0, 0.05) is 12.3 Å². The van der Waals surface area contributed by atoms with Gasteiger partial charge in [0.2, 0.25) is 0 Å². The molecule has 0 bridgehead atoms. The Morgan fingerprint density at radius 3 is 2.94 bits per heavy atom. The average molecular weight is 269 g/mol. The van der Waals surface area contributed by atoms with E-state index in [0.29, 0.717) is 11.5 Å². The van der Waals surface area contributed by atoms with E-state index in [0.717, 1.165) is 19.3 Å². The molecule has 1 aromatic carbocycles. The minimum Gasteiger partial charge on any atom is -0.299 e. The van der Waals surface area contributed by atoms with Crippen molar-refractivity contribution < 1.29 is 9.18 Å². The highest BCUT2D eigenvalue weighted by atomic mass is 35.5. The summed E-state index contributed by atoms with van der Waals surface area (Å²) < 4.78 is 13.7.